The highest BCUT2D eigenvalue weighted by atomic mass is 16.5. The van der Waals surface area contributed by atoms with Gasteiger partial charge in [-0.3, -0.25) is 4.79 Å². The SMILES string of the molecule is COC(=O)C[C@@H](c1cccc(OC)c1OCCc1ccc2c(c1)CCO2)c1c(O)c2ccccc2oc1=O. The Bertz CT molecular complexity index is 1540. The van der Waals surface area contributed by atoms with Crippen LogP contribution in [0.15, 0.2) is 69.9 Å². The van der Waals surface area contributed by atoms with Gasteiger partial charge in [0.15, 0.2) is 11.5 Å². The number of hydrogen-bond acceptors (Lipinski definition) is 8. The van der Waals surface area contributed by atoms with Gasteiger partial charge in [-0.15, -0.1) is 0 Å². The van der Waals surface area contributed by atoms with Gasteiger partial charge in [0.1, 0.15) is 17.1 Å². The van der Waals surface area contributed by atoms with E-state index < -0.39 is 17.5 Å². The molecule has 0 amide bonds. The topological polar surface area (TPSA) is 104 Å². The van der Waals surface area contributed by atoms with Crippen LogP contribution >= 0.6 is 0 Å². The number of rotatable bonds is 9. The van der Waals surface area contributed by atoms with Crippen LogP contribution in [0.3, 0.4) is 0 Å². The van der Waals surface area contributed by atoms with Crippen molar-refractivity contribution in [1.29, 1.82) is 0 Å². The van der Waals surface area contributed by atoms with E-state index in [-0.39, 0.29) is 23.3 Å². The van der Waals surface area contributed by atoms with E-state index >= 15 is 0 Å². The molecule has 0 saturated heterocycles. The van der Waals surface area contributed by atoms with Crippen LogP contribution in [0.2, 0.25) is 0 Å². The first-order chi connectivity index (χ1) is 18.5. The molecule has 1 aliphatic rings. The Labute approximate surface area is 219 Å². The van der Waals surface area contributed by atoms with E-state index in [1.165, 1.54) is 19.8 Å². The summed E-state index contributed by atoms with van der Waals surface area (Å²) in [5.41, 5.74) is 2.23. The van der Waals surface area contributed by atoms with Gasteiger partial charge in [0.2, 0.25) is 0 Å². The lowest BCUT2D eigenvalue weighted by molar-refractivity contribution is -0.140. The number of hydrogen-bond donors (Lipinski definition) is 1. The number of carbonyl (C=O) groups is 1. The van der Waals surface area contributed by atoms with Crippen molar-refractivity contribution < 1.29 is 33.3 Å². The van der Waals surface area contributed by atoms with Gasteiger partial charge >= 0.3 is 11.6 Å². The number of aromatic hydroxyl groups is 1. The zero-order valence-corrected chi connectivity index (χ0v) is 21.2. The third kappa shape index (κ3) is 4.89. The molecule has 1 aromatic heterocycles. The van der Waals surface area contributed by atoms with Crippen molar-refractivity contribution in [2.24, 2.45) is 0 Å². The predicted molar refractivity (Wildman–Crippen MR) is 140 cm³/mol. The standard InChI is InChI=1S/C30H28O8/c1-34-25-9-5-7-20(29(25)37-14-12-18-10-11-23-19(16-18)13-15-36-23)22(17-26(31)35-2)27-28(32)21-6-3-4-8-24(21)38-30(27)33/h3-11,16,22,32H,12-15,17H2,1-2H3/t22-/m0/s1. The normalized spacial score (nSPS) is 13.0. The van der Waals surface area contributed by atoms with Crippen LogP contribution < -0.4 is 19.8 Å². The lowest BCUT2D eigenvalue weighted by Crippen LogP contribution is -2.19. The molecule has 8 nitrogen and oxygen atoms in total. The smallest absolute Gasteiger partial charge is 0.343 e. The Morgan fingerprint density at radius 3 is 2.74 bits per heavy atom. The molecule has 8 heteroatoms. The fraction of sp³-hybridized carbons (Fsp3) is 0.267. The monoisotopic (exact) mass is 516 g/mol. The summed E-state index contributed by atoms with van der Waals surface area (Å²) >= 11 is 0. The molecule has 0 bridgehead atoms. The molecular weight excluding hydrogens is 488 g/mol. The average molecular weight is 517 g/mol. The Morgan fingerprint density at radius 1 is 1.08 bits per heavy atom. The van der Waals surface area contributed by atoms with E-state index in [1.807, 2.05) is 12.1 Å². The van der Waals surface area contributed by atoms with Gasteiger partial charge in [-0.2, -0.15) is 0 Å². The predicted octanol–water partition coefficient (Wildman–Crippen LogP) is 4.76. The second-order valence-corrected chi connectivity index (χ2v) is 9.00. The summed E-state index contributed by atoms with van der Waals surface area (Å²) in [6, 6.07) is 18.0. The first kappa shape index (κ1) is 25.2. The lowest BCUT2D eigenvalue weighted by atomic mass is 9.87. The molecular formula is C30H28O8. The quantitative estimate of drug-likeness (QED) is 0.251. The van der Waals surface area contributed by atoms with Gasteiger partial charge in [-0.05, 0) is 35.4 Å². The van der Waals surface area contributed by atoms with E-state index in [9.17, 15) is 14.7 Å². The first-order valence-electron chi connectivity index (χ1n) is 12.4. The third-order valence-electron chi connectivity index (χ3n) is 6.76. The number of methoxy groups -OCH3 is 2. The van der Waals surface area contributed by atoms with Crippen LogP contribution in [0.1, 0.15) is 34.6 Å². The second kappa shape index (κ2) is 10.9. The summed E-state index contributed by atoms with van der Waals surface area (Å²) < 4.78 is 27.9. The largest absolute Gasteiger partial charge is 0.507 e. The van der Waals surface area contributed by atoms with E-state index in [2.05, 4.69) is 6.07 Å². The molecule has 0 aliphatic carbocycles. The van der Waals surface area contributed by atoms with Crippen molar-refractivity contribution in [3.05, 3.63) is 93.3 Å². The fourth-order valence-electron chi connectivity index (χ4n) is 4.86. The van der Waals surface area contributed by atoms with Gasteiger partial charge in [0.25, 0.3) is 0 Å². The minimum Gasteiger partial charge on any atom is -0.507 e. The molecule has 1 atom stereocenters. The summed E-state index contributed by atoms with van der Waals surface area (Å²) in [6.07, 6.45) is 1.28. The van der Waals surface area contributed by atoms with Gasteiger partial charge in [0, 0.05) is 24.3 Å². The molecule has 2 heterocycles. The van der Waals surface area contributed by atoms with Crippen molar-refractivity contribution in [2.45, 2.75) is 25.2 Å². The highest BCUT2D eigenvalue weighted by Crippen LogP contribution is 2.43. The van der Waals surface area contributed by atoms with Crippen LogP contribution in [0.4, 0.5) is 0 Å². The molecule has 0 fully saturated rings. The van der Waals surface area contributed by atoms with E-state index in [1.54, 1.807) is 42.5 Å². The summed E-state index contributed by atoms with van der Waals surface area (Å²) in [7, 11) is 2.79. The zero-order valence-electron chi connectivity index (χ0n) is 21.2. The van der Waals surface area contributed by atoms with Gasteiger partial charge in [-0.25, -0.2) is 4.79 Å². The second-order valence-electron chi connectivity index (χ2n) is 9.00. The molecule has 4 aromatic rings. The molecule has 0 radical (unpaired) electrons. The highest BCUT2D eigenvalue weighted by Gasteiger charge is 2.31. The molecule has 38 heavy (non-hydrogen) atoms. The summed E-state index contributed by atoms with van der Waals surface area (Å²) in [4.78, 5) is 25.6. The highest BCUT2D eigenvalue weighted by molar-refractivity contribution is 5.85. The number of benzene rings is 3. The number of fused-ring (bicyclic) bond motifs is 2. The minimum atomic E-state index is -0.912. The molecule has 196 valence electrons. The van der Waals surface area contributed by atoms with Crippen molar-refractivity contribution in [3.63, 3.8) is 0 Å². The van der Waals surface area contributed by atoms with Crippen molar-refractivity contribution >= 4 is 16.9 Å². The summed E-state index contributed by atoms with van der Waals surface area (Å²) in [6.45, 7) is 1.01. The van der Waals surface area contributed by atoms with Gasteiger partial charge in [0.05, 0.1) is 44.8 Å². The lowest BCUT2D eigenvalue weighted by Gasteiger charge is -2.22. The molecule has 1 N–H and O–H groups in total. The molecule has 0 saturated carbocycles. The minimum absolute atomic E-state index is 0.0502. The van der Waals surface area contributed by atoms with Crippen molar-refractivity contribution in [1.82, 2.24) is 0 Å². The molecule has 0 unspecified atom stereocenters. The number of ether oxygens (including phenoxy) is 4. The van der Waals surface area contributed by atoms with Crippen LogP contribution in [0.25, 0.3) is 11.0 Å². The Morgan fingerprint density at radius 2 is 1.92 bits per heavy atom. The number of carbonyl (C=O) groups excluding carboxylic acids is 1. The van der Waals surface area contributed by atoms with Crippen LogP contribution in [-0.2, 0) is 22.4 Å². The Balaban J connectivity index is 1.53. The van der Waals surface area contributed by atoms with Crippen LogP contribution in [0, 0.1) is 0 Å². The molecule has 1 aliphatic heterocycles. The number of esters is 1. The molecule has 3 aromatic carbocycles. The van der Waals surface area contributed by atoms with Crippen LogP contribution in [0.5, 0.6) is 23.0 Å². The number of para-hydroxylation sites is 2. The fourth-order valence-corrected chi connectivity index (χ4v) is 4.86. The Kier molecular flexibility index (Phi) is 7.22. The van der Waals surface area contributed by atoms with Gasteiger partial charge < -0.3 is 28.5 Å². The Hall–Kier alpha value is -4.46. The van der Waals surface area contributed by atoms with E-state index in [0.717, 1.165) is 17.7 Å². The maximum atomic E-state index is 13.1. The summed E-state index contributed by atoms with van der Waals surface area (Å²) in [5, 5.41) is 11.5. The first-order valence-corrected chi connectivity index (χ1v) is 12.4. The third-order valence-corrected chi connectivity index (χ3v) is 6.76. The zero-order chi connectivity index (χ0) is 26.6. The maximum absolute atomic E-state index is 13.1. The maximum Gasteiger partial charge on any atom is 0.343 e. The molecule has 5 rings (SSSR count). The summed E-state index contributed by atoms with van der Waals surface area (Å²) in [5.74, 6) is 0.00706. The van der Waals surface area contributed by atoms with Crippen molar-refractivity contribution in [2.75, 3.05) is 27.4 Å². The van der Waals surface area contributed by atoms with Crippen LogP contribution in [-0.4, -0.2) is 38.5 Å². The van der Waals surface area contributed by atoms with E-state index in [0.29, 0.717) is 42.1 Å². The van der Waals surface area contributed by atoms with Gasteiger partial charge in [-0.1, -0.05) is 36.4 Å². The molecule has 0 spiro atoms. The average Bonchev–Trinajstić information content (AvgIpc) is 3.40. The van der Waals surface area contributed by atoms with Crippen molar-refractivity contribution in [3.8, 4) is 23.0 Å². The van der Waals surface area contributed by atoms with E-state index in [4.69, 9.17) is 23.4 Å².